The highest BCUT2D eigenvalue weighted by Crippen LogP contribution is 2.22. The first-order chi connectivity index (χ1) is 17.6. The molecule has 212 valence electrons. The summed E-state index contributed by atoms with van der Waals surface area (Å²) in [5.74, 6) is -0.877. The number of hydroxylamine groups is 1. The fourth-order valence-corrected chi connectivity index (χ4v) is 4.45. The van der Waals surface area contributed by atoms with E-state index in [4.69, 9.17) is 9.57 Å². The molecule has 1 aromatic heterocycles. The van der Waals surface area contributed by atoms with Gasteiger partial charge in [0.2, 0.25) is 0 Å². The molecular formula is C24H38N6O7S. The van der Waals surface area contributed by atoms with Crippen LogP contribution in [0.4, 0.5) is 9.59 Å². The van der Waals surface area contributed by atoms with E-state index in [1.165, 1.54) is 24.4 Å². The van der Waals surface area contributed by atoms with E-state index in [9.17, 15) is 22.8 Å². The van der Waals surface area contributed by atoms with Crippen LogP contribution in [0, 0.1) is 5.41 Å². The zero-order chi connectivity index (χ0) is 28.6. The van der Waals surface area contributed by atoms with E-state index >= 15 is 0 Å². The van der Waals surface area contributed by atoms with Gasteiger partial charge in [-0.15, -0.1) is 0 Å². The van der Waals surface area contributed by atoms with Crippen LogP contribution in [0.2, 0.25) is 0 Å². The molecule has 3 amide bonds. The molecule has 13 nitrogen and oxygen atoms in total. The Balaban J connectivity index is 2.25. The number of ether oxygens (including phenoxy) is 1. The Labute approximate surface area is 223 Å². The lowest BCUT2D eigenvalue weighted by atomic mass is 9.88. The monoisotopic (exact) mass is 554 g/mol. The van der Waals surface area contributed by atoms with Gasteiger partial charge in [0.15, 0.2) is 5.03 Å². The fraction of sp³-hybridized carbons (Fsp3) is 0.625. The van der Waals surface area contributed by atoms with Crippen LogP contribution in [0.5, 0.6) is 0 Å². The summed E-state index contributed by atoms with van der Waals surface area (Å²) in [6.07, 6.45) is 1.21. The van der Waals surface area contributed by atoms with E-state index in [0.29, 0.717) is 12.1 Å². The van der Waals surface area contributed by atoms with Crippen molar-refractivity contribution in [2.75, 3.05) is 13.1 Å². The molecule has 2 rings (SSSR count). The summed E-state index contributed by atoms with van der Waals surface area (Å²) in [5.41, 5.74) is 1.17. The van der Waals surface area contributed by atoms with Crippen molar-refractivity contribution in [1.29, 1.82) is 0 Å². The summed E-state index contributed by atoms with van der Waals surface area (Å²) in [4.78, 5) is 46.9. The van der Waals surface area contributed by atoms with Crippen molar-refractivity contribution in [3.05, 3.63) is 24.4 Å². The lowest BCUT2D eigenvalue weighted by Gasteiger charge is -2.27. The van der Waals surface area contributed by atoms with Crippen LogP contribution in [0.3, 0.4) is 0 Å². The molecule has 1 aromatic rings. The van der Waals surface area contributed by atoms with Gasteiger partial charge in [0.05, 0.1) is 5.71 Å². The Bertz CT molecular complexity index is 1100. The number of alkyl carbamates (subject to hydrolysis) is 1. The number of nitrogens with zero attached hydrogens (tertiary/aromatic N) is 3. The normalized spacial score (nSPS) is 16.6. The van der Waals surface area contributed by atoms with Gasteiger partial charge in [0.1, 0.15) is 11.6 Å². The van der Waals surface area contributed by atoms with Crippen LogP contribution in [0.25, 0.3) is 0 Å². The maximum absolute atomic E-state index is 13.2. The Morgan fingerprint density at radius 2 is 1.87 bits per heavy atom. The molecule has 1 atom stereocenters. The second-order valence-electron chi connectivity index (χ2n) is 11.0. The lowest BCUT2D eigenvalue weighted by Crippen LogP contribution is -2.50. The minimum Gasteiger partial charge on any atom is -0.444 e. The third-order valence-corrected chi connectivity index (χ3v) is 6.44. The number of carbonyl (C=O) groups excluding carboxylic acids is 3. The van der Waals surface area contributed by atoms with Gasteiger partial charge in [0, 0.05) is 12.7 Å². The number of aromatic nitrogens is 1. The zero-order valence-corrected chi connectivity index (χ0v) is 23.6. The minimum absolute atomic E-state index is 0.166. The van der Waals surface area contributed by atoms with E-state index < -0.39 is 50.2 Å². The summed E-state index contributed by atoms with van der Waals surface area (Å²) >= 11 is 0. The van der Waals surface area contributed by atoms with Gasteiger partial charge in [-0.1, -0.05) is 31.3 Å². The highest BCUT2D eigenvalue weighted by Gasteiger charge is 2.35. The summed E-state index contributed by atoms with van der Waals surface area (Å²) in [6.45, 7) is 11.6. The van der Waals surface area contributed by atoms with Gasteiger partial charge in [-0.2, -0.15) is 19.0 Å². The number of rotatable bonds is 6. The average Bonchev–Trinajstić information content (AvgIpc) is 3.07. The van der Waals surface area contributed by atoms with Gasteiger partial charge in [-0.05, 0) is 70.5 Å². The molecule has 0 bridgehead atoms. The molecule has 0 unspecified atom stereocenters. The molecule has 1 aliphatic rings. The average molecular weight is 555 g/mol. The first kappa shape index (κ1) is 31.0. The number of hydrazone groups is 1. The van der Waals surface area contributed by atoms with Crippen LogP contribution in [-0.2, 0) is 24.4 Å². The lowest BCUT2D eigenvalue weighted by molar-refractivity contribution is -0.132. The van der Waals surface area contributed by atoms with Crippen LogP contribution in [0.15, 0.2) is 34.5 Å². The maximum Gasteiger partial charge on any atom is 0.469 e. The van der Waals surface area contributed by atoms with E-state index in [1.54, 1.807) is 20.8 Å². The molecule has 38 heavy (non-hydrogen) atoms. The quantitative estimate of drug-likeness (QED) is 0.448. The van der Waals surface area contributed by atoms with E-state index in [1.807, 2.05) is 26.3 Å². The molecule has 1 saturated heterocycles. The molecule has 1 aliphatic heterocycles. The third-order valence-electron chi connectivity index (χ3n) is 4.98. The van der Waals surface area contributed by atoms with Crippen molar-refractivity contribution in [1.82, 2.24) is 25.5 Å². The van der Waals surface area contributed by atoms with Crippen LogP contribution in [-0.4, -0.2) is 66.4 Å². The second kappa shape index (κ2) is 13.0. The summed E-state index contributed by atoms with van der Waals surface area (Å²) in [6, 6.07) is 3.04. The molecule has 1 fully saturated rings. The number of nitrogens with one attached hydrogen (secondary N) is 3. The number of carbonyl (C=O) groups is 3. The maximum atomic E-state index is 13.2. The largest absolute Gasteiger partial charge is 0.469 e. The Hall–Kier alpha value is -3.26. The minimum atomic E-state index is -4.56. The molecular weight excluding hydrogens is 516 g/mol. The molecule has 14 heteroatoms. The first-order valence-corrected chi connectivity index (χ1v) is 13.8. The van der Waals surface area contributed by atoms with Gasteiger partial charge in [0.25, 0.3) is 5.91 Å². The number of pyridine rings is 1. The Morgan fingerprint density at radius 3 is 2.47 bits per heavy atom. The molecule has 0 saturated carbocycles. The summed E-state index contributed by atoms with van der Waals surface area (Å²) in [7, 11) is -4.56. The second-order valence-corrected chi connectivity index (χ2v) is 12.7. The number of sulfonamides is 1. The van der Waals surface area contributed by atoms with Crippen molar-refractivity contribution in [2.24, 2.45) is 10.5 Å². The first-order valence-electron chi connectivity index (χ1n) is 12.3. The van der Waals surface area contributed by atoms with E-state index in [2.05, 4.69) is 20.7 Å². The van der Waals surface area contributed by atoms with E-state index in [0.717, 1.165) is 19.4 Å². The van der Waals surface area contributed by atoms with Gasteiger partial charge >= 0.3 is 22.2 Å². The van der Waals surface area contributed by atoms with Crippen LogP contribution < -0.4 is 16.1 Å². The predicted octanol–water partition coefficient (Wildman–Crippen LogP) is 2.70. The van der Waals surface area contributed by atoms with Crippen molar-refractivity contribution in [3.8, 4) is 0 Å². The molecule has 0 aliphatic carbocycles. The number of hydrogen-bond donors (Lipinski definition) is 3. The predicted molar refractivity (Wildman–Crippen MR) is 139 cm³/mol. The summed E-state index contributed by atoms with van der Waals surface area (Å²) < 4.78 is 31.9. The van der Waals surface area contributed by atoms with Crippen molar-refractivity contribution in [2.45, 2.75) is 83.9 Å². The van der Waals surface area contributed by atoms with Crippen LogP contribution >= 0.6 is 0 Å². The topological polar surface area (TPSA) is 168 Å². The molecule has 2 heterocycles. The smallest absolute Gasteiger partial charge is 0.444 e. The highest BCUT2D eigenvalue weighted by molar-refractivity contribution is 7.89. The molecule has 0 aromatic carbocycles. The standard InChI is InChI=1S/C24H38N6O7S/c1-23(2,3)15-18(27-21(32)36-24(4,5)6)20(31)29-37-22(33)30(28-17-11-7-9-13-25-16-17)38(34,35)19-12-8-10-14-26-19/h8,10,12,14,18,25H,7,9,11,13,15-16H2,1-6H3,(H,27,32)(H,29,31)/t18-/m0/s1. The third kappa shape index (κ3) is 10.2. The molecule has 0 spiro atoms. The van der Waals surface area contributed by atoms with Gasteiger partial charge in [-0.3, -0.25) is 4.79 Å². The van der Waals surface area contributed by atoms with Crippen molar-refractivity contribution in [3.63, 3.8) is 0 Å². The number of hydrogen-bond acceptors (Lipinski definition) is 10. The SMILES string of the molecule is CC(C)(C)C[C@H](NC(=O)OC(C)(C)C)C(=O)NOC(=O)N(N=C1CCCCNC1)S(=O)(=O)c1ccccn1. The highest BCUT2D eigenvalue weighted by atomic mass is 32.2. The molecule has 3 N–H and O–H groups in total. The Morgan fingerprint density at radius 1 is 1.16 bits per heavy atom. The summed E-state index contributed by atoms with van der Waals surface area (Å²) in [5, 5.41) is 9.22. The Kier molecular flexibility index (Phi) is 10.6. The van der Waals surface area contributed by atoms with Gasteiger partial charge < -0.3 is 20.2 Å². The number of amides is 3. The van der Waals surface area contributed by atoms with Gasteiger partial charge in [-0.25, -0.2) is 14.6 Å². The van der Waals surface area contributed by atoms with E-state index in [-0.39, 0.29) is 17.4 Å². The van der Waals surface area contributed by atoms with Crippen LogP contribution in [0.1, 0.15) is 67.2 Å². The fourth-order valence-electron chi connectivity index (χ4n) is 3.37. The molecule has 0 radical (unpaired) electrons. The zero-order valence-electron chi connectivity index (χ0n) is 22.7. The van der Waals surface area contributed by atoms with Crippen molar-refractivity contribution < 1.29 is 32.4 Å². The van der Waals surface area contributed by atoms with Crippen molar-refractivity contribution >= 4 is 33.8 Å².